The summed E-state index contributed by atoms with van der Waals surface area (Å²) < 4.78 is 0. The molecule has 13 nitrogen and oxygen atoms in total. The molecule has 0 bridgehead atoms. The highest BCUT2D eigenvalue weighted by Crippen LogP contribution is 2.42. The molecular weight excluding hydrogens is 785 g/mol. The summed E-state index contributed by atoms with van der Waals surface area (Å²) in [7, 11) is 0. The Bertz CT molecular complexity index is 1990. The summed E-state index contributed by atoms with van der Waals surface area (Å²) in [5, 5.41) is 13.4. The van der Waals surface area contributed by atoms with Crippen molar-refractivity contribution >= 4 is 47.5 Å². The number of thioether (sulfide) groups is 1. The van der Waals surface area contributed by atoms with Crippen molar-refractivity contribution in [1.82, 2.24) is 35.7 Å². The number of fused-ring (bicyclic) bond motifs is 2. The van der Waals surface area contributed by atoms with E-state index in [0.717, 1.165) is 93.6 Å². The van der Waals surface area contributed by atoms with Crippen LogP contribution in [0.15, 0.2) is 40.0 Å². The lowest BCUT2D eigenvalue weighted by Crippen LogP contribution is -2.52. The molecule has 61 heavy (non-hydrogen) atoms. The highest BCUT2D eigenvalue weighted by molar-refractivity contribution is 7.99. The van der Waals surface area contributed by atoms with Gasteiger partial charge in [-0.15, -0.1) is 11.8 Å². The normalized spacial score (nSPS) is 24.2. The molecule has 1 aromatic carbocycles. The lowest BCUT2D eigenvalue weighted by molar-refractivity contribution is -0.136. The third kappa shape index (κ3) is 9.90. The molecule has 3 saturated heterocycles. The molecule has 0 radical (unpaired) electrons. The van der Waals surface area contributed by atoms with Crippen LogP contribution in [0.4, 0.5) is 11.8 Å². The van der Waals surface area contributed by atoms with Gasteiger partial charge in [0.2, 0.25) is 17.8 Å². The average Bonchev–Trinajstić information content (AvgIpc) is 3.88. The lowest BCUT2D eigenvalue weighted by Gasteiger charge is -2.40. The van der Waals surface area contributed by atoms with Gasteiger partial charge in [0.25, 0.3) is 5.91 Å². The van der Waals surface area contributed by atoms with Gasteiger partial charge in [-0.2, -0.15) is 4.98 Å². The van der Waals surface area contributed by atoms with Gasteiger partial charge in [0.1, 0.15) is 18.0 Å². The Labute approximate surface area is 366 Å². The first-order valence-corrected chi connectivity index (χ1v) is 24.6. The molecule has 2 atom stereocenters. The van der Waals surface area contributed by atoms with Crippen LogP contribution in [-0.2, 0) is 22.6 Å². The van der Waals surface area contributed by atoms with E-state index < -0.39 is 6.04 Å². The van der Waals surface area contributed by atoms with Crippen LogP contribution in [0.5, 0.6) is 0 Å². The number of amides is 3. The SMILES string of the molecule is CC1(Nc2nc(N3CCC(C4N=CC(NCCCCCCCCCN5CCC(c6ccc7c(c6)CN(C6CCC(=O)NC6=O)C7=O)CC5)=CN4)CC3)nc3c2SCC3)CCC1. The first-order valence-electron chi connectivity index (χ1n) is 23.6. The van der Waals surface area contributed by atoms with Crippen LogP contribution in [-0.4, -0.2) is 106 Å². The number of anilines is 2. The number of allylic oxidation sites excluding steroid dienone is 1. The van der Waals surface area contributed by atoms with Gasteiger partial charge in [-0.1, -0.05) is 44.2 Å². The van der Waals surface area contributed by atoms with Crippen molar-refractivity contribution in [3.05, 3.63) is 52.5 Å². The topological polar surface area (TPSA) is 147 Å². The van der Waals surface area contributed by atoms with E-state index in [1.54, 1.807) is 4.90 Å². The monoisotopic (exact) mass is 851 g/mol. The number of aromatic nitrogens is 2. The Morgan fingerprint density at radius 3 is 2.43 bits per heavy atom. The largest absolute Gasteiger partial charge is 0.383 e. The van der Waals surface area contributed by atoms with Crippen LogP contribution in [0.25, 0.3) is 0 Å². The Morgan fingerprint density at radius 1 is 0.902 bits per heavy atom. The van der Waals surface area contributed by atoms with Crippen LogP contribution in [0, 0.1) is 5.92 Å². The van der Waals surface area contributed by atoms with Crippen LogP contribution < -0.4 is 26.2 Å². The Morgan fingerprint density at radius 2 is 1.69 bits per heavy atom. The third-order valence-electron chi connectivity index (χ3n) is 14.5. The molecule has 2 unspecified atom stereocenters. The Balaban J connectivity index is 0.600. The number of hydrogen-bond donors (Lipinski definition) is 4. The maximum Gasteiger partial charge on any atom is 0.255 e. The molecule has 7 aliphatic rings. The molecule has 1 saturated carbocycles. The van der Waals surface area contributed by atoms with E-state index in [-0.39, 0.29) is 35.8 Å². The first kappa shape index (κ1) is 42.1. The molecule has 14 heteroatoms. The molecule has 2 aromatic rings. The molecule has 9 rings (SSSR count). The molecule has 7 heterocycles. The molecular formula is C47H66N10O3S. The van der Waals surface area contributed by atoms with Crippen molar-refractivity contribution in [3.63, 3.8) is 0 Å². The summed E-state index contributed by atoms with van der Waals surface area (Å²) in [6.07, 6.45) is 23.1. The number of carbonyl (C=O) groups excluding carboxylic acids is 3. The van der Waals surface area contributed by atoms with E-state index in [1.165, 1.54) is 86.9 Å². The second-order valence-corrected chi connectivity index (χ2v) is 20.0. The van der Waals surface area contributed by atoms with Gasteiger partial charge in [0.15, 0.2) is 0 Å². The fourth-order valence-corrected chi connectivity index (χ4v) is 11.5. The van der Waals surface area contributed by atoms with Gasteiger partial charge < -0.3 is 30.7 Å². The predicted octanol–water partition coefficient (Wildman–Crippen LogP) is 6.50. The minimum Gasteiger partial charge on any atom is -0.383 e. The summed E-state index contributed by atoms with van der Waals surface area (Å²) in [5.41, 5.74) is 5.51. The summed E-state index contributed by atoms with van der Waals surface area (Å²) in [4.78, 5) is 60.1. The smallest absolute Gasteiger partial charge is 0.255 e. The number of unbranched alkanes of at least 4 members (excludes halogenated alkanes) is 6. The number of carbonyl (C=O) groups is 3. The number of benzene rings is 1. The highest BCUT2D eigenvalue weighted by atomic mass is 32.2. The molecule has 0 spiro atoms. The number of nitrogens with zero attached hydrogens (tertiary/aromatic N) is 6. The second kappa shape index (κ2) is 19.1. The van der Waals surface area contributed by atoms with Crippen molar-refractivity contribution < 1.29 is 14.4 Å². The maximum atomic E-state index is 13.1. The Hall–Kier alpha value is -4.17. The average molecular weight is 851 g/mol. The zero-order valence-electron chi connectivity index (χ0n) is 36.2. The zero-order chi connectivity index (χ0) is 41.8. The summed E-state index contributed by atoms with van der Waals surface area (Å²) in [6.45, 7) is 9.12. The van der Waals surface area contributed by atoms with E-state index >= 15 is 0 Å². The van der Waals surface area contributed by atoms with Crippen LogP contribution in [0.1, 0.15) is 143 Å². The van der Waals surface area contributed by atoms with Crippen LogP contribution >= 0.6 is 11.8 Å². The van der Waals surface area contributed by atoms with Crippen molar-refractivity contribution in [2.45, 2.75) is 151 Å². The van der Waals surface area contributed by atoms with E-state index in [1.807, 2.05) is 24.0 Å². The summed E-state index contributed by atoms with van der Waals surface area (Å²) in [5.74, 6) is 3.38. The molecule has 1 aliphatic carbocycles. The standard InChI is InChI=1S/C47H66N10O3S/c1-47(19-9-20-47)54-43-41-38(18-27-61-41)51-46(53-43)56-25-16-33(17-26-56)42-49-29-36(30-50-42)48-21-7-5-3-2-4-6-8-22-55-23-14-32(15-24-55)34-10-11-37-35(28-34)31-57(45(37)60)39-12-13-40(58)52-44(39)59/h10-11,28-30,32-33,39,42,48-49H,2-9,12-27,31H2,1H3,(H,51,53,54)(H,52,58,59). The summed E-state index contributed by atoms with van der Waals surface area (Å²) >= 11 is 1.91. The molecule has 4 fully saturated rings. The van der Waals surface area contributed by atoms with Gasteiger partial charge in [0, 0.05) is 74.2 Å². The summed E-state index contributed by atoms with van der Waals surface area (Å²) in [6, 6.07) is 5.71. The number of piperidine rings is 3. The minimum atomic E-state index is -0.561. The van der Waals surface area contributed by atoms with Crippen molar-refractivity contribution in [3.8, 4) is 0 Å². The van der Waals surface area contributed by atoms with Crippen molar-refractivity contribution in [2.24, 2.45) is 10.9 Å². The van der Waals surface area contributed by atoms with Gasteiger partial charge in [-0.05, 0) is 114 Å². The number of imide groups is 1. The van der Waals surface area contributed by atoms with Crippen LogP contribution in [0.3, 0.4) is 0 Å². The van der Waals surface area contributed by atoms with Crippen LogP contribution in [0.2, 0.25) is 0 Å². The van der Waals surface area contributed by atoms with E-state index in [4.69, 9.17) is 15.0 Å². The highest BCUT2D eigenvalue weighted by Gasteiger charge is 2.40. The van der Waals surface area contributed by atoms with E-state index in [9.17, 15) is 14.4 Å². The minimum absolute atomic E-state index is 0.0957. The van der Waals surface area contributed by atoms with Gasteiger partial charge in [0.05, 0.1) is 16.3 Å². The number of likely N-dealkylation sites (tertiary alicyclic amines) is 1. The molecule has 1 aromatic heterocycles. The van der Waals surface area contributed by atoms with Gasteiger partial charge >= 0.3 is 0 Å². The number of aliphatic imine (C=N–C) groups is 1. The Kier molecular flexibility index (Phi) is 13.2. The lowest BCUT2D eigenvalue weighted by atomic mass is 9.78. The van der Waals surface area contributed by atoms with Gasteiger partial charge in [-0.25, -0.2) is 4.98 Å². The van der Waals surface area contributed by atoms with Crippen molar-refractivity contribution in [1.29, 1.82) is 0 Å². The molecule has 6 aliphatic heterocycles. The zero-order valence-corrected chi connectivity index (χ0v) is 37.0. The van der Waals surface area contributed by atoms with Gasteiger partial charge in [-0.3, -0.25) is 24.7 Å². The van der Waals surface area contributed by atoms with E-state index in [0.29, 0.717) is 30.4 Å². The van der Waals surface area contributed by atoms with Crippen molar-refractivity contribution in [2.75, 3.05) is 55.2 Å². The molecule has 4 N–H and O–H groups in total. The fourth-order valence-electron chi connectivity index (χ4n) is 10.5. The molecule has 3 amide bonds. The third-order valence-corrected chi connectivity index (χ3v) is 15.7. The number of rotatable bonds is 17. The predicted molar refractivity (Wildman–Crippen MR) is 242 cm³/mol. The number of nitrogens with one attached hydrogen (secondary N) is 4. The molecule has 328 valence electrons. The van der Waals surface area contributed by atoms with E-state index in [2.05, 4.69) is 56.3 Å². The fraction of sp³-hybridized carbons (Fsp3) is 0.660. The first-order chi connectivity index (χ1) is 29.8. The second-order valence-electron chi connectivity index (χ2n) is 18.9. The maximum absolute atomic E-state index is 13.1. The quantitative estimate of drug-likeness (QED) is 0.102. The number of aryl methyl sites for hydroxylation is 1. The number of hydrogen-bond acceptors (Lipinski definition) is 12.